The number of aromatic nitrogens is 12. The van der Waals surface area contributed by atoms with Gasteiger partial charge < -0.3 is 4.74 Å². The number of benzene rings is 3. The van der Waals surface area contributed by atoms with Gasteiger partial charge in [-0.1, -0.05) is 56.0 Å². The molecule has 3 atom stereocenters. The van der Waals surface area contributed by atoms with Crippen LogP contribution in [0.3, 0.4) is 0 Å². The number of hydrogen-bond donors (Lipinski definition) is 2. The average Bonchev–Trinajstić information content (AvgIpc) is 1.86. The summed E-state index contributed by atoms with van der Waals surface area (Å²) in [6.45, 7) is 30.0. The van der Waals surface area contributed by atoms with Crippen LogP contribution in [0.15, 0.2) is 128 Å². The first-order chi connectivity index (χ1) is 43.1. The van der Waals surface area contributed by atoms with Crippen molar-refractivity contribution in [2.24, 2.45) is 17.8 Å². The second-order valence-electron chi connectivity index (χ2n) is 22.5. The van der Waals surface area contributed by atoms with Crippen LogP contribution in [0.2, 0.25) is 25.7 Å². The van der Waals surface area contributed by atoms with Crippen LogP contribution in [0.25, 0.3) is 48.7 Å². The van der Waals surface area contributed by atoms with E-state index in [0.717, 1.165) is 22.7 Å². The Balaban J connectivity index is 0.000000149. The standard InChI is InChI=1S/C25H29FN6O2Si.2C19H15FN6O/c1-27-22-6-5-18(16-21(22)26)15-20-9-12-31(24(20)33)25-29-23(19-7-10-28-11-8-19)30-32(25)17-34-13-14-35(2,3)4;2*1-21-16-3-2-12(11-15(16)20)10-14-6-9-26(18(14)27)19-23-17(24-25-19)13-4-7-22-8-5-13/h5-8,10-11,16,20H,9,12-15,17H2,2-4H3;2*2-5,7-8,11,14H,6,9-10H2,(H,23,24,25)/t;2*14-/m.10/s1. The van der Waals surface area contributed by atoms with Crippen LogP contribution in [0, 0.1) is 54.9 Å². The molecule has 3 fully saturated rings. The molecule has 0 saturated carbocycles. The fourth-order valence-electron chi connectivity index (χ4n) is 10.3. The van der Waals surface area contributed by atoms with Crippen LogP contribution in [0.5, 0.6) is 0 Å². The molecular weight excluding hydrogens is 1160 g/mol. The van der Waals surface area contributed by atoms with E-state index < -0.39 is 25.5 Å². The number of amides is 3. The van der Waals surface area contributed by atoms with Gasteiger partial charge >= 0.3 is 0 Å². The number of aromatic amines is 2. The minimum atomic E-state index is -1.23. The van der Waals surface area contributed by atoms with Gasteiger partial charge in [0.25, 0.3) is 11.9 Å². The van der Waals surface area contributed by atoms with Gasteiger partial charge in [-0.2, -0.15) is 15.0 Å². The normalized spacial score (nSPS) is 16.3. The molecule has 2 N–H and O–H groups in total. The number of carbonyl (C=O) groups is 3. The maximum Gasteiger partial charge on any atom is 0.251 e. The zero-order valence-electron chi connectivity index (χ0n) is 48.8. The van der Waals surface area contributed by atoms with E-state index in [1.165, 1.54) is 36.4 Å². The molecule has 3 saturated heterocycles. The zero-order chi connectivity index (χ0) is 62.6. The molecule has 3 aliphatic heterocycles. The van der Waals surface area contributed by atoms with Crippen molar-refractivity contribution in [2.75, 3.05) is 40.9 Å². The highest BCUT2D eigenvalue weighted by atomic mass is 28.3. The van der Waals surface area contributed by atoms with E-state index in [0.29, 0.717) is 117 Å². The Morgan fingerprint density at radius 3 is 1.30 bits per heavy atom. The van der Waals surface area contributed by atoms with Crippen molar-refractivity contribution in [3.05, 3.63) is 197 Å². The molecule has 0 bridgehead atoms. The number of rotatable bonds is 17. The van der Waals surface area contributed by atoms with Crippen LogP contribution >= 0.6 is 0 Å². The van der Waals surface area contributed by atoms with Gasteiger partial charge in [0.1, 0.15) is 24.2 Å². The molecule has 89 heavy (non-hydrogen) atoms. The van der Waals surface area contributed by atoms with Crippen LogP contribution in [0.4, 0.5) is 48.1 Å². The fraction of sp³-hybridized carbons (Fsp3) is 0.286. The highest BCUT2D eigenvalue weighted by molar-refractivity contribution is 6.76. The highest BCUT2D eigenvalue weighted by Gasteiger charge is 2.38. The molecule has 3 aliphatic rings. The van der Waals surface area contributed by atoms with Crippen LogP contribution in [0.1, 0.15) is 36.0 Å². The van der Waals surface area contributed by atoms with Crippen LogP contribution in [-0.2, 0) is 45.1 Å². The number of hydrogen-bond acceptors (Lipinski definition) is 13. The first kappa shape index (κ1) is 61.5. The number of nitrogens with zero attached hydrogens (tertiary/aromatic N) is 16. The minimum absolute atomic E-state index is 0.0116. The molecular formula is C63H59F3N18O4Si. The monoisotopic (exact) mass is 1220 g/mol. The van der Waals surface area contributed by atoms with Gasteiger partial charge in [-0.25, -0.2) is 32.4 Å². The number of nitrogens with one attached hydrogen (secondary N) is 2. The SMILES string of the molecule is [C-]#[N+]c1ccc(CC2CCN(c3nc(-c4ccncc4)nn3COCC[Si](C)(C)C)C2=O)cc1F.[C-]#[N+]c1ccc(C[C@@H]2CCN(c3n[nH]c(-c4ccncc4)n3)C2=O)cc1F.[C-]#[N+]c1ccc(C[C@H]2CCN(c3n[nH]c(-c4ccncc4)n3)C2=O)cc1F. The van der Waals surface area contributed by atoms with E-state index in [4.69, 9.17) is 24.5 Å². The Bertz CT molecular complexity index is 3960. The van der Waals surface area contributed by atoms with Gasteiger partial charge in [0.15, 0.2) is 17.5 Å². The van der Waals surface area contributed by atoms with Gasteiger partial charge in [0.2, 0.25) is 40.7 Å². The largest absolute Gasteiger partial charge is 0.359 e. The third-order valence-electron chi connectivity index (χ3n) is 15.2. The van der Waals surface area contributed by atoms with Crippen LogP contribution in [-0.4, -0.2) is 112 Å². The Kier molecular flexibility index (Phi) is 19.2. The third kappa shape index (κ3) is 15.0. The quantitative estimate of drug-likeness (QED) is 0.0491. The Labute approximate surface area is 511 Å². The highest BCUT2D eigenvalue weighted by Crippen LogP contribution is 2.33. The minimum Gasteiger partial charge on any atom is -0.359 e. The molecule has 0 aliphatic carbocycles. The third-order valence-corrected chi connectivity index (χ3v) is 16.9. The first-order valence-corrected chi connectivity index (χ1v) is 32.3. The number of pyridine rings is 3. The van der Waals surface area contributed by atoms with E-state index in [2.05, 4.69) is 89.6 Å². The summed E-state index contributed by atoms with van der Waals surface area (Å²) in [5.74, 6) is 0.0578. The fourth-order valence-corrected chi connectivity index (χ4v) is 11.1. The van der Waals surface area contributed by atoms with Crippen molar-refractivity contribution >= 4 is 60.7 Å². The molecule has 1 unspecified atom stereocenters. The number of H-pyrrole nitrogens is 2. The summed E-state index contributed by atoms with van der Waals surface area (Å²) in [5.41, 5.74) is 4.54. The average molecular weight is 1220 g/mol. The summed E-state index contributed by atoms with van der Waals surface area (Å²) in [5, 5.41) is 18.6. The summed E-state index contributed by atoms with van der Waals surface area (Å²) in [7, 11) is -1.23. The molecule has 12 rings (SSSR count). The molecule has 22 nitrogen and oxygen atoms in total. The first-order valence-electron chi connectivity index (χ1n) is 28.6. The van der Waals surface area contributed by atoms with Crippen molar-refractivity contribution in [1.82, 2.24) is 60.1 Å². The van der Waals surface area contributed by atoms with Gasteiger partial charge in [-0.3, -0.25) is 54.2 Å². The molecule has 6 aromatic heterocycles. The summed E-state index contributed by atoms with van der Waals surface area (Å²) in [6.07, 6.45) is 13.2. The molecule has 3 aromatic carbocycles. The van der Waals surface area contributed by atoms with E-state index in [1.54, 1.807) is 99.0 Å². The zero-order valence-corrected chi connectivity index (χ0v) is 49.8. The van der Waals surface area contributed by atoms with Crippen LogP contribution < -0.4 is 14.7 Å². The molecule has 0 radical (unpaired) electrons. The second kappa shape index (κ2) is 27.8. The molecule has 0 spiro atoms. The van der Waals surface area contributed by atoms with Crippen molar-refractivity contribution < 1.29 is 32.3 Å². The number of halogens is 3. The van der Waals surface area contributed by atoms with Gasteiger partial charge in [-0.15, -0.1) is 15.3 Å². The van der Waals surface area contributed by atoms with Gasteiger partial charge in [0, 0.05) is 106 Å². The van der Waals surface area contributed by atoms with Gasteiger partial charge in [0.05, 0.1) is 19.7 Å². The summed E-state index contributed by atoms with van der Waals surface area (Å²) in [6, 6.07) is 25.4. The van der Waals surface area contributed by atoms with Gasteiger partial charge in [-0.05, 0) is 116 Å². The summed E-state index contributed by atoms with van der Waals surface area (Å²) < 4.78 is 49.2. The predicted molar refractivity (Wildman–Crippen MR) is 327 cm³/mol. The Hall–Kier alpha value is -10.6. The molecule has 9 aromatic rings. The van der Waals surface area contributed by atoms with E-state index in [-0.39, 0.29) is 59.3 Å². The summed E-state index contributed by atoms with van der Waals surface area (Å²) in [4.78, 5) is 78.4. The number of carbonyl (C=O) groups excluding carboxylic acids is 3. The van der Waals surface area contributed by atoms with E-state index in [9.17, 15) is 27.6 Å². The van der Waals surface area contributed by atoms with E-state index >= 15 is 0 Å². The molecule has 450 valence electrons. The molecule has 26 heteroatoms. The summed E-state index contributed by atoms with van der Waals surface area (Å²) >= 11 is 0. The second-order valence-corrected chi connectivity index (χ2v) is 28.1. The Morgan fingerprint density at radius 2 is 0.921 bits per heavy atom. The smallest absolute Gasteiger partial charge is 0.251 e. The van der Waals surface area contributed by atoms with Crippen molar-refractivity contribution in [3.63, 3.8) is 0 Å². The van der Waals surface area contributed by atoms with Crippen molar-refractivity contribution in [1.29, 1.82) is 0 Å². The lowest BCUT2D eigenvalue weighted by molar-refractivity contribution is -0.121. The van der Waals surface area contributed by atoms with E-state index in [1.807, 2.05) is 12.1 Å². The lowest BCUT2D eigenvalue weighted by Crippen LogP contribution is -2.31. The maximum atomic E-state index is 14.1. The molecule has 3 amide bonds. The lowest BCUT2D eigenvalue weighted by atomic mass is 9.98. The lowest BCUT2D eigenvalue weighted by Gasteiger charge is -2.18. The van der Waals surface area contributed by atoms with Crippen molar-refractivity contribution in [3.8, 4) is 34.2 Å². The maximum absolute atomic E-state index is 14.1. The number of anilines is 3. The Morgan fingerprint density at radius 1 is 0.539 bits per heavy atom. The number of ether oxygens (including phenoxy) is 1. The van der Waals surface area contributed by atoms with Crippen molar-refractivity contribution in [2.45, 2.75) is 70.9 Å². The predicted octanol–water partition coefficient (Wildman–Crippen LogP) is 11.2. The molecule has 9 heterocycles. The topological polar surface area (TPSA) is 236 Å².